The lowest BCUT2D eigenvalue weighted by Gasteiger charge is -2.14. The van der Waals surface area contributed by atoms with Crippen LogP contribution in [0.4, 0.5) is 0 Å². The Labute approximate surface area is 133 Å². The minimum atomic E-state index is 0.632. The number of hydrogen-bond acceptors (Lipinski definition) is 0. The van der Waals surface area contributed by atoms with Crippen molar-refractivity contribution >= 4 is 6.71 Å². The van der Waals surface area contributed by atoms with Crippen LogP contribution < -0.4 is 0 Å². The third-order valence-corrected chi connectivity index (χ3v) is 4.10. The van der Waals surface area contributed by atoms with Gasteiger partial charge in [-0.15, -0.1) is 0 Å². The fourth-order valence-corrected chi connectivity index (χ4v) is 3.06. The fourth-order valence-electron chi connectivity index (χ4n) is 3.06. The van der Waals surface area contributed by atoms with Gasteiger partial charge in [0.2, 0.25) is 0 Å². The zero-order valence-corrected chi connectivity index (χ0v) is 12.9. The summed E-state index contributed by atoms with van der Waals surface area (Å²) in [6, 6.07) is 32.5. The summed E-state index contributed by atoms with van der Waals surface area (Å²) in [5.74, 6) is 0. The highest BCUT2D eigenvalue weighted by Crippen LogP contribution is 2.13. The van der Waals surface area contributed by atoms with Crippen LogP contribution in [0.15, 0.2) is 91.0 Å². The van der Waals surface area contributed by atoms with Gasteiger partial charge in [0.25, 0.3) is 0 Å². The molecule has 0 fully saturated rings. The largest absolute Gasteiger partial charge is 0.153 e. The van der Waals surface area contributed by atoms with E-state index in [-0.39, 0.29) is 0 Å². The van der Waals surface area contributed by atoms with Crippen molar-refractivity contribution in [2.45, 2.75) is 19.0 Å². The Morgan fingerprint density at radius 2 is 0.682 bits per heavy atom. The lowest BCUT2D eigenvalue weighted by atomic mass is 9.40. The van der Waals surface area contributed by atoms with Crippen LogP contribution in [0.5, 0.6) is 0 Å². The molecule has 3 rings (SSSR count). The van der Waals surface area contributed by atoms with E-state index in [0.717, 1.165) is 19.0 Å². The van der Waals surface area contributed by atoms with Crippen molar-refractivity contribution in [3.8, 4) is 0 Å². The second-order valence-electron chi connectivity index (χ2n) is 5.94. The molecule has 0 aliphatic heterocycles. The van der Waals surface area contributed by atoms with Gasteiger partial charge in [0.1, 0.15) is 0 Å². The van der Waals surface area contributed by atoms with Crippen LogP contribution in [0.25, 0.3) is 0 Å². The molecule has 0 unspecified atom stereocenters. The average molecular weight is 284 g/mol. The van der Waals surface area contributed by atoms with E-state index in [1.807, 2.05) is 0 Å². The first kappa shape index (κ1) is 14.7. The molecule has 0 spiro atoms. The Morgan fingerprint density at radius 1 is 0.409 bits per heavy atom. The maximum Gasteiger partial charge on any atom is 0.153 e. The monoisotopic (exact) mass is 284 g/mol. The molecule has 0 heterocycles. The van der Waals surface area contributed by atoms with Gasteiger partial charge < -0.3 is 0 Å². The first-order chi connectivity index (χ1) is 10.9. The summed E-state index contributed by atoms with van der Waals surface area (Å²) in [5, 5.41) is 0. The molecule has 0 saturated heterocycles. The smallest absolute Gasteiger partial charge is 0.0622 e. The Hall–Kier alpha value is -2.28. The average Bonchev–Trinajstić information content (AvgIpc) is 2.57. The number of rotatable bonds is 6. The number of benzene rings is 3. The summed E-state index contributed by atoms with van der Waals surface area (Å²) < 4.78 is 0. The van der Waals surface area contributed by atoms with Gasteiger partial charge in [0.05, 0.1) is 0 Å². The zero-order chi connectivity index (χ0) is 15.0. The van der Waals surface area contributed by atoms with Crippen LogP contribution in [0.3, 0.4) is 0 Å². The molecule has 0 nitrogen and oxygen atoms in total. The summed E-state index contributed by atoms with van der Waals surface area (Å²) in [7, 11) is 0. The highest BCUT2D eigenvalue weighted by molar-refractivity contribution is 6.57. The van der Waals surface area contributed by atoms with Crippen LogP contribution in [-0.2, 0) is 19.0 Å². The fraction of sp³-hybridized carbons (Fsp3) is 0.143. The van der Waals surface area contributed by atoms with E-state index in [4.69, 9.17) is 0 Å². The van der Waals surface area contributed by atoms with E-state index in [1.54, 1.807) is 0 Å². The molecule has 3 aromatic rings. The molecule has 0 aliphatic rings. The molecular formula is C21H21B. The summed E-state index contributed by atoms with van der Waals surface area (Å²) in [4.78, 5) is 0. The molecular weight excluding hydrogens is 263 g/mol. The van der Waals surface area contributed by atoms with Crippen LogP contribution in [-0.4, -0.2) is 6.71 Å². The van der Waals surface area contributed by atoms with E-state index in [0.29, 0.717) is 6.71 Å². The topological polar surface area (TPSA) is 0 Å². The third-order valence-electron chi connectivity index (χ3n) is 4.10. The van der Waals surface area contributed by atoms with Crippen molar-refractivity contribution in [2.24, 2.45) is 0 Å². The summed E-state index contributed by atoms with van der Waals surface area (Å²) in [6.45, 7) is 0.632. The first-order valence-corrected chi connectivity index (χ1v) is 8.02. The lowest BCUT2D eigenvalue weighted by Crippen LogP contribution is -2.24. The van der Waals surface area contributed by atoms with Gasteiger partial charge in [-0.3, -0.25) is 0 Å². The zero-order valence-electron chi connectivity index (χ0n) is 12.9. The SMILES string of the molecule is c1ccc(CB(Cc2ccccc2)Cc2ccccc2)cc1. The Balaban J connectivity index is 1.75. The maximum absolute atomic E-state index is 2.24. The van der Waals surface area contributed by atoms with Crippen molar-refractivity contribution in [3.05, 3.63) is 108 Å². The van der Waals surface area contributed by atoms with Crippen molar-refractivity contribution in [3.63, 3.8) is 0 Å². The van der Waals surface area contributed by atoms with Gasteiger partial charge in [-0.05, 0) is 19.0 Å². The second-order valence-corrected chi connectivity index (χ2v) is 5.94. The van der Waals surface area contributed by atoms with Gasteiger partial charge in [-0.25, -0.2) is 0 Å². The number of hydrogen-bond donors (Lipinski definition) is 0. The van der Waals surface area contributed by atoms with Gasteiger partial charge in [-0.2, -0.15) is 0 Å². The Kier molecular flexibility index (Phi) is 5.10. The van der Waals surface area contributed by atoms with Crippen molar-refractivity contribution in [1.82, 2.24) is 0 Å². The van der Waals surface area contributed by atoms with E-state index in [2.05, 4.69) is 91.0 Å². The molecule has 22 heavy (non-hydrogen) atoms. The first-order valence-electron chi connectivity index (χ1n) is 8.02. The van der Waals surface area contributed by atoms with Gasteiger partial charge >= 0.3 is 0 Å². The Morgan fingerprint density at radius 3 is 0.955 bits per heavy atom. The minimum Gasteiger partial charge on any atom is -0.0622 e. The van der Waals surface area contributed by atoms with E-state index in [9.17, 15) is 0 Å². The minimum absolute atomic E-state index is 0.632. The molecule has 0 bridgehead atoms. The van der Waals surface area contributed by atoms with E-state index in [1.165, 1.54) is 16.7 Å². The van der Waals surface area contributed by atoms with Gasteiger partial charge in [0.15, 0.2) is 6.71 Å². The molecule has 0 aliphatic carbocycles. The summed E-state index contributed by atoms with van der Waals surface area (Å²) in [6.07, 6.45) is 3.39. The molecule has 0 amide bonds. The molecule has 0 atom stereocenters. The predicted molar refractivity (Wildman–Crippen MR) is 96.2 cm³/mol. The standard InChI is InChI=1S/C21H21B/c1-4-10-19(11-5-1)16-22(17-20-12-6-2-7-13-20)18-21-14-8-3-9-15-21/h1-15H,16-18H2. The molecule has 0 saturated carbocycles. The van der Waals surface area contributed by atoms with E-state index < -0.39 is 0 Å². The summed E-state index contributed by atoms with van der Waals surface area (Å²) in [5.41, 5.74) is 4.29. The molecule has 108 valence electrons. The molecule has 3 aromatic carbocycles. The quantitative estimate of drug-likeness (QED) is 0.569. The normalized spacial score (nSPS) is 10.4. The Bertz CT molecular complexity index is 563. The molecule has 0 aromatic heterocycles. The third kappa shape index (κ3) is 4.36. The van der Waals surface area contributed by atoms with Gasteiger partial charge in [0, 0.05) is 0 Å². The predicted octanol–water partition coefficient (Wildman–Crippen LogP) is 4.83. The molecule has 0 radical (unpaired) electrons. The van der Waals surface area contributed by atoms with Crippen LogP contribution in [0.1, 0.15) is 16.7 Å². The lowest BCUT2D eigenvalue weighted by molar-refractivity contribution is 1.19. The summed E-state index contributed by atoms with van der Waals surface area (Å²) >= 11 is 0. The van der Waals surface area contributed by atoms with Crippen molar-refractivity contribution in [2.75, 3.05) is 0 Å². The van der Waals surface area contributed by atoms with E-state index >= 15 is 0 Å². The van der Waals surface area contributed by atoms with Crippen molar-refractivity contribution in [1.29, 1.82) is 0 Å². The molecule has 1 heteroatoms. The maximum atomic E-state index is 2.24. The highest BCUT2D eigenvalue weighted by Gasteiger charge is 2.15. The molecule has 0 N–H and O–H groups in total. The van der Waals surface area contributed by atoms with Crippen LogP contribution in [0.2, 0.25) is 0 Å². The van der Waals surface area contributed by atoms with Crippen molar-refractivity contribution < 1.29 is 0 Å². The second kappa shape index (κ2) is 7.65. The van der Waals surface area contributed by atoms with Crippen LogP contribution in [0, 0.1) is 0 Å². The van der Waals surface area contributed by atoms with Gasteiger partial charge in [-0.1, -0.05) is 108 Å². The highest BCUT2D eigenvalue weighted by atomic mass is 14.0. The van der Waals surface area contributed by atoms with Crippen LogP contribution >= 0.6 is 0 Å².